The van der Waals surface area contributed by atoms with Crippen LogP contribution in [0.4, 0.5) is 5.82 Å². The van der Waals surface area contributed by atoms with Crippen LogP contribution in [0.5, 0.6) is 0 Å². The Labute approximate surface area is 122 Å². The van der Waals surface area contributed by atoms with Crippen LogP contribution in [0.3, 0.4) is 0 Å². The van der Waals surface area contributed by atoms with Crippen molar-refractivity contribution in [3.63, 3.8) is 0 Å². The highest BCUT2D eigenvalue weighted by molar-refractivity contribution is 7.13. The van der Waals surface area contributed by atoms with Crippen molar-refractivity contribution in [3.8, 4) is 0 Å². The van der Waals surface area contributed by atoms with E-state index in [4.69, 9.17) is 4.74 Å². The molecule has 20 heavy (non-hydrogen) atoms. The Bertz CT molecular complexity index is 608. The Morgan fingerprint density at radius 1 is 1.45 bits per heavy atom. The van der Waals surface area contributed by atoms with Crippen molar-refractivity contribution in [3.05, 3.63) is 18.3 Å². The Morgan fingerprint density at radius 2 is 2.40 bits per heavy atom. The first-order chi connectivity index (χ1) is 9.85. The number of pyridine rings is 1. The molecule has 0 radical (unpaired) electrons. The molecule has 1 aliphatic carbocycles. The van der Waals surface area contributed by atoms with Gasteiger partial charge in [-0.1, -0.05) is 6.42 Å². The molecule has 1 aliphatic heterocycles. The molecule has 4 rings (SSSR count). The van der Waals surface area contributed by atoms with E-state index < -0.39 is 0 Å². The minimum atomic E-state index is 0.431. The molecule has 1 saturated carbocycles. The summed E-state index contributed by atoms with van der Waals surface area (Å²) in [6, 6.07) is 4.01. The number of hydrogen-bond acceptors (Lipinski definition) is 5. The highest BCUT2D eigenvalue weighted by Crippen LogP contribution is 2.49. The van der Waals surface area contributed by atoms with Gasteiger partial charge in [0.15, 0.2) is 5.82 Å². The zero-order chi connectivity index (χ0) is 13.4. The van der Waals surface area contributed by atoms with Crippen LogP contribution in [0.1, 0.15) is 32.1 Å². The highest BCUT2D eigenvalue weighted by atomic mass is 32.1. The third-order valence-corrected chi connectivity index (χ3v) is 5.49. The van der Waals surface area contributed by atoms with Crippen molar-refractivity contribution >= 4 is 27.6 Å². The molecule has 2 aliphatic rings. The van der Waals surface area contributed by atoms with E-state index >= 15 is 0 Å². The summed E-state index contributed by atoms with van der Waals surface area (Å²) in [5.74, 6) is 0.918. The number of rotatable bonds is 4. The van der Waals surface area contributed by atoms with Crippen LogP contribution < -0.4 is 5.32 Å². The Hall–Kier alpha value is -1.20. The lowest BCUT2D eigenvalue weighted by Crippen LogP contribution is -2.29. The maximum Gasteiger partial charge on any atom is 0.166 e. The van der Waals surface area contributed by atoms with Gasteiger partial charge in [-0.05, 0) is 54.8 Å². The molecule has 1 saturated heterocycles. The second-order valence-electron chi connectivity index (χ2n) is 6.09. The Kier molecular flexibility index (Phi) is 3.11. The van der Waals surface area contributed by atoms with Crippen LogP contribution in [-0.2, 0) is 4.74 Å². The molecule has 5 heteroatoms. The topological polar surface area (TPSA) is 47.0 Å². The number of nitrogens with one attached hydrogen (secondary N) is 1. The van der Waals surface area contributed by atoms with Crippen LogP contribution in [0, 0.1) is 5.41 Å². The van der Waals surface area contributed by atoms with Crippen LogP contribution in [-0.4, -0.2) is 28.6 Å². The molecule has 106 valence electrons. The minimum absolute atomic E-state index is 0.431. The molecule has 4 nitrogen and oxygen atoms in total. The van der Waals surface area contributed by atoms with Crippen molar-refractivity contribution in [1.82, 2.24) is 9.36 Å². The van der Waals surface area contributed by atoms with Crippen LogP contribution >= 0.6 is 11.5 Å². The number of hydrogen-bond donors (Lipinski definition) is 1. The molecule has 0 amide bonds. The summed E-state index contributed by atoms with van der Waals surface area (Å²) in [5, 5.41) is 3.41. The second kappa shape index (κ2) is 4.97. The van der Waals surface area contributed by atoms with Gasteiger partial charge >= 0.3 is 0 Å². The second-order valence-corrected chi connectivity index (χ2v) is 6.89. The van der Waals surface area contributed by atoms with Crippen molar-refractivity contribution < 1.29 is 4.74 Å². The number of ether oxygens (including phenoxy) is 1. The molecule has 0 bridgehead atoms. The Balaban J connectivity index is 1.33. The summed E-state index contributed by atoms with van der Waals surface area (Å²) in [6.07, 6.45) is 8.71. The van der Waals surface area contributed by atoms with E-state index in [1.54, 1.807) is 0 Å². The number of nitrogens with zero attached hydrogens (tertiary/aromatic N) is 2. The first kappa shape index (κ1) is 12.5. The van der Waals surface area contributed by atoms with E-state index in [-0.39, 0.29) is 0 Å². The van der Waals surface area contributed by atoms with Crippen molar-refractivity contribution in [1.29, 1.82) is 0 Å². The molecular formula is C15H19N3OS. The van der Waals surface area contributed by atoms with E-state index in [1.165, 1.54) is 37.2 Å². The van der Waals surface area contributed by atoms with Gasteiger partial charge in [0.25, 0.3) is 0 Å². The number of fused-ring (bicyclic) bond motifs is 1. The summed E-state index contributed by atoms with van der Waals surface area (Å²) in [7, 11) is 0. The molecule has 1 atom stereocenters. The van der Waals surface area contributed by atoms with E-state index in [1.807, 2.05) is 12.3 Å². The average Bonchev–Trinajstić information content (AvgIpc) is 3.03. The molecule has 2 fully saturated rings. The van der Waals surface area contributed by atoms with E-state index in [9.17, 15) is 0 Å². The van der Waals surface area contributed by atoms with Crippen LogP contribution in [0.25, 0.3) is 10.2 Å². The average molecular weight is 289 g/mol. The Morgan fingerprint density at radius 3 is 3.20 bits per heavy atom. The quantitative estimate of drug-likeness (QED) is 0.936. The predicted molar refractivity (Wildman–Crippen MR) is 81.2 cm³/mol. The zero-order valence-corrected chi connectivity index (χ0v) is 12.3. The van der Waals surface area contributed by atoms with Gasteiger partial charge in [-0.3, -0.25) is 4.98 Å². The fourth-order valence-corrected chi connectivity index (χ4v) is 4.07. The van der Waals surface area contributed by atoms with Gasteiger partial charge in [0.2, 0.25) is 0 Å². The molecule has 1 unspecified atom stereocenters. The highest BCUT2D eigenvalue weighted by Gasteiger charge is 2.44. The molecule has 2 aromatic rings. The zero-order valence-electron chi connectivity index (χ0n) is 11.5. The first-order valence-electron chi connectivity index (χ1n) is 7.41. The monoisotopic (exact) mass is 289 g/mol. The summed E-state index contributed by atoms with van der Waals surface area (Å²) >= 11 is 1.50. The lowest BCUT2D eigenvalue weighted by Gasteiger charge is -2.36. The standard InChI is InChI=1S/C15H19N3OS/c1-3-12-13(16-7-1)14(18-20-12)17-8-4-11-9-15(10-19-11)5-2-6-15/h1,3,7,11H,2,4-6,8-10H2,(H,17,18). The third-order valence-electron chi connectivity index (χ3n) is 4.69. The number of aromatic nitrogens is 2. The predicted octanol–water partition coefficient (Wildman–Crippen LogP) is 3.45. The molecule has 2 aromatic heterocycles. The van der Waals surface area contributed by atoms with E-state index in [0.29, 0.717) is 11.5 Å². The van der Waals surface area contributed by atoms with Crippen LogP contribution in [0.15, 0.2) is 18.3 Å². The largest absolute Gasteiger partial charge is 0.378 e. The molecule has 1 spiro atoms. The van der Waals surface area contributed by atoms with Gasteiger partial charge in [0.05, 0.1) is 17.4 Å². The van der Waals surface area contributed by atoms with Crippen molar-refractivity contribution in [2.45, 2.75) is 38.2 Å². The lowest BCUT2D eigenvalue weighted by molar-refractivity contribution is 0.0673. The normalized spacial score (nSPS) is 24.1. The van der Waals surface area contributed by atoms with Gasteiger partial charge in [-0.25, -0.2) is 0 Å². The maximum absolute atomic E-state index is 5.94. The lowest BCUT2D eigenvalue weighted by atomic mass is 9.67. The van der Waals surface area contributed by atoms with Gasteiger partial charge in [0, 0.05) is 12.7 Å². The molecular weight excluding hydrogens is 270 g/mol. The van der Waals surface area contributed by atoms with Gasteiger partial charge in [0.1, 0.15) is 5.52 Å². The fraction of sp³-hybridized carbons (Fsp3) is 0.600. The minimum Gasteiger partial charge on any atom is -0.378 e. The van der Waals surface area contributed by atoms with E-state index in [2.05, 4.69) is 20.7 Å². The summed E-state index contributed by atoms with van der Waals surface area (Å²) in [5.41, 5.74) is 1.54. The van der Waals surface area contributed by atoms with Gasteiger partial charge in [-0.15, -0.1) is 0 Å². The third kappa shape index (κ3) is 2.19. The number of anilines is 1. The van der Waals surface area contributed by atoms with Crippen molar-refractivity contribution in [2.24, 2.45) is 5.41 Å². The molecule has 1 N–H and O–H groups in total. The van der Waals surface area contributed by atoms with Crippen LogP contribution in [0.2, 0.25) is 0 Å². The maximum atomic E-state index is 5.94. The summed E-state index contributed by atoms with van der Waals surface area (Å²) in [4.78, 5) is 4.39. The summed E-state index contributed by atoms with van der Waals surface area (Å²) < 4.78 is 11.5. The SMILES string of the molecule is c1cnc2c(NCCC3CC4(CCC4)CO3)nsc2c1. The summed E-state index contributed by atoms with van der Waals surface area (Å²) in [6.45, 7) is 1.90. The molecule has 0 aromatic carbocycles. The molecule has 3 heterocycles. The van der Waals surface area contributed by atoms with E-state index in [0.717, 1.165) is 35.6 Å². The van der Waals surface area contributed by atoms with Crippen molar-refractivity contribution in [2.75, 3.05) is 18.5 Å². The first-order valence-corrected chi connectivity index (χ1v) is 8.18. The fourth-order valence-electron chi connectivity index (χ4n) is 3.35. The van der Waals surface area contributed by atoms with Gasteiger partial charge in [-0.2, -0.15) is 4.37 Å². The van der Waals surface area contributed by atoms with Gasteiger partial charge < -0.3 is 10.1 Å². The smallest absolute Gasteiger partial charge is 0.166 e.